The Balaban J connectivity index is 2.05. The molecule has 0 unspecified atom stereocenters. The third-order valence-corrected chi connectivity index (χ3v) is 5.06. The molecule has 3 heteroatoms. The van der Waals surface area contributed by atoms with Crippen LogP contribution in [0.2, 0.25) is 0 Å². The van der Waals surface area contributed by atoms with E-state index in [4.69, 9.17) is 15.1 Å². The van der Waals surface area contributed by atoms with Crippen molar-refractivity contribution in [3.05, 3.63) is 70.7 Å². The van der Waals surface area contributed by atoms with E-state index in [1.807, 2.05) is 58.0 Å². The quantitative estimate of drug-likeness (QED) is 0.299. The van der Waals surface area contributed by atoms with Crippen LogP contribution in [0.15, 0.2) is 47.0 Å². The van der Waals surface area contributed by atoms with E-state index in [9.17, 15) is 0 Å². The SMILES string of the molecule is [2H]c1c(C([2H])([2H])C(C)C)ccc(-c2c(C)ccc3c2oc2c([N+]#[C-])c(C)ccc23)[n+]1C. The molecule has 0 aliphatic rings. The van der Waals surface area contributed by atoms with Gasteiger partial charge in [0, 0.05) is 25.1 Å². The van der Waals surface area contributed by atoms with E-state index < -0.39 is 6.37 Å². The summed E-state index contributed by atoms with van der Waals surface area (Å²) in [5.41, 5.74) is 5.64. The minimum atomic E-state index is -1.60. The third kappa shape index (κ3) is 2.86. The molecule has 0 aliphatic carbocycles. The van der Waals surface area contributed by atoms with E-state index >= 15 is 0 Å². The zero-order valence-electron chi connectivity index (χ0n) is 19.8. The molecule has 28 heavy (non-hydrogen) atoms. The van der Waals surface area contributed by atoms with Crippen LogP contribution in [0.4, 0.5) is 5.69 Å². The number of hydrogen-bond donors (Lipinski definition) is 0. The predicted octanol–water partition coefficient (Wildman–Crippen LogP) is 6.44. The van der Waals surface area contributed by atoms with Gasteiger partial charge in [0.25, 0.3) is 0 Å². The van der Waals surface area contributed by atoms with Gasteiger partial charge in [0.2, 0.25) is 11.4 Å². The van der Waals surface area contributed by atoms with Crippen molar-refractivity contribution < 1.29 is 13.1 Å². The predicted molar refractivity (Wildman–Crippen MR) is 115 cm³/mol. The van der Waals surface area contributed by atoms with Gasteiger partial charge in [-0.2, -0.15) is 0 Å². The van der Waals surface area contributed by atoms with Gasteiger partial charge in [0.15, 0.2) is 6.17 Å². The second kappa shape index (κ2) is 6.80. The Morgan fingerprint density at radius 3 is 2.43 bits per heavy atom. The summed E-state index contributed by atoms with van der Waals surface area (Å²) in [4.78, 5) is 3.68. The van der Waals surface area contributed by atoms with E-state index in [-0.39, 0.29) is 12.1 Å². The van der Waals surface area contributed by atoms with Crippen molar-refractivity contribution >= 4 is 27.6 Å². The Labute approximate surface area is 170 Å². The Morgan fingerprint density at radius 2 is 1.75 bits per heavy atom. The second-order valence-electron chi connectivity index (χ2n) is 7.56. The van der Waals surface area contributed by atoms with Crippen molar-refractivity contribution in [2.24, 2.45) is 13.0 Å². The number of fused-ring (bicyclic) bond motifs is 3. The van der Waals surface area contributed by atoms with Gasteiger partial charge in [-0.15, -0.1) is 0 Å². The number of aryl methyl sites for hydroxylation is 2. The van der Waals surface area contributed by atoms with Crippen LogP contribution in [-0.2, 0) is 13.4 Å². The molecule has 2 aromatic heterocycles. The fourth-order valence-electron chi connectivity index (χ4n) is 3.74. The molecular formula is C25H25N2O+. The van der Waals surface area contributed by atoms with Crippen LogP contribution in [0.3, 0.4) is 0 Å². The maximum atomic E-state index is 8.67. The van der Waals surface area contributed by atoms with Crippen molar-refractivity contribution in [1.82, 2.24) is 0 Å². The first kappa shape index (κ1) is 14.9. The summed E-state index contributed by atoms with van der Waals surface area (Å²) in [7, 11) is 1.78. The average Bonchev–Trinajstić information content (AvgIpc) is 3.08. The lowest BCUT2D eigenvalue weighted by Gasteiger charge is -2.08. The highest BCUT2D eigenvalue weighted by Crippen LogP contribution is 2.41. The van der Waals surface area contributed by atoms with Crippen LogP contribution < -0.4 is 4.57 Å². The summed E-state index contributed by atoms with van der Waals surface area (Å²) >= 11 is 0. The fraction of sp³-hybridized carbons (Fsp3) is 0.280. The first-order valence-electron chi connectivity index (χ1n) is 10.9. The van der Waals surface area contributed by atoms with Crippen molar-refractivity contribution in [1.29, 1.82) is 0 Å². The Morgan fingerprint density at radius 1 is 1.07 bits per heavy atom. The van der Waals surface area contributed by atoms with Gasteiger partial charge in [-0.3, -0.25) is 0 Å². The van der Waals surface area contributed by atoms with Crippen molar-refractivity contribution in [2.45, 2.75) is 34.1 Å². The van der Waals surface area contributed by atoms with Gasteiger partial charge in [-0.25, -0.2) is 9.41 Å². The summed E-state index contributed by atoms with van der Waals surface area (Å²) in [6.45, 7) is 15.1. The maximum Gasteiger partial charge on any atom is 0.232 e. The minimum absolute atomic E-state index is 0.140. The van der Waals surface area contributed by atoms with Crippen LogP contribution in [0.5, 0.6) is 0 Å². The van der Waals surface area contributed by atoms with Gasteiger partial charge in [-0.1, -0.05) is 38.1 Å². The normalized spacial score (nSPS) is 13.5. The van der Waals surface area contributed by atoms with Crippen LogP contribution in [0.1, 0.15) is 34.7 Å². The molecule has 0 atom stereocenters. The lowest BCUT2D eigenvalue weighted by atomic mass is 9.98. The van der Waals surface area contributed by atoms with Crippen molar-refractivity contribution in [3.63, 3.8) is 0 Å². The third-order valence-electron chi connectivity index (χ3n) is 5.06. The molecule has 0 aliphatic heterocycles. The first-order valence-corrected chi connectivity index (χ1v) is 9.43. The molecule has 4 aromatic rings. The molecule has 3 nitrogen and oxygen atoms in total. The number of hydrogen-bond acceptors (Lipinski definition) is 1. The molecule has 2 aromatic carbocycles. The number of pyridine rings is 1. The molecule has 0 radical (unpaired) electrons. The van der Waals surface area contributed by atoms with E-state index in [0.29, 0.717) is 22.4 Å². The van der Waals surface area contributed by atoms with Gasteiger partial charge < -0.3 is 4.42 Å². The van der Waals surface area contributed by atoms with E-state index in [2.05, 4.69) is 4.85 Å². The van der Waals surface area contributed by atoms with Crippen molar-refractivity contribution in [2.75, 3.05) is 0 Å². The van der Waals surface area contributed by atoms with Crippen LogP contribution >= 0.6 is 0 Å². The van der Waals surface area contributed by atoms with E-state index in [0.717, 1.165) is 33.2 Å². The zero-order chi connectivity index (χ0) is 22.7. The van der Waals surface area contributed by atoms with Crippen LogP contribution in [0.25, 0.3) is 38.0 Å². The van der Waals surface area contributed by atoms with Gasteiger partial charge in [0.1, 0.15) is 19.6 Å². The van der Waals surface area contributed by atoms with Crippen LogP contribution in [0, 0.1) is 26.3 Å². The van der Waals surface area contributed by atoms with Gasteiger partial charge in [-0.05, 0) is 43.3 Å². The summed E-state index contributed by atoms with van der Waals surface area (Å²) in [6, 6.07) is 11.5. The summed E-state index contributed by atoms with van der Waals surface area (Å²) < 4.78 is 33.5. The largest absolute Gasteiger partial charge is 0.466 e. The molecule has 2 heterocycles. The summed E-state index contributed by atoms with van der Waals surface area (Å²) in [5, 5.41) is 1.82. The molecule has 140 valence electrons. The smallest absolute Gasteiger partial charge is 0.232 e. The zero-order valence-corrected chi connectivity index (χ0v) is 16.8. The van der Waals surface area contributed by atoms with Crippen molar-refractivity contribution in [3.8, 4) is 11.3 Å². The molecule has 0 spiro atoms. The van der Waals surface area contributed by atoms with Crippen LogP contribution in [-0.4, -0.2) is 0 Å². The van der Waals surface area contributed by atoms with E-state index in [1.54, 1.807) is 17.7 Å². The number of rotatable bonds is 3. The van der Waals surface area contributed by atoms with Gasteiger partial charge in [0.05, 0.1) is 12.1 Å². The first-order chi connectivity index (χ1) is 14.6. The minimum Gasteiger partial charge on any atom is -0.466 e. The average molecular weight is 373 g/mol. The molecule has 0 amide bonds. The summed E-state index contributed by atoms with van der Waals surface area (Å²) in [6.07, 6.45) is -1.46. The van der Waals surface area contributed by atoms with Gasteiger partial charge >= 0.3 is 0 Å². The molecule has 0 bridgehead atoms. The Kier molecular flexibility index (Phi) is 3.61. The number of furan rings is 1. The molecule has 0 fully saturated rings. The lowest BCUT2D eigenvalue weighted by molar-refractivity contribution is -0.660. The van der Waals surface area contributed by atoms with E-state index in [1.165, 1.54) is 0 Å². The molecule has 0 saturated carbocycles. The number of aromatic nitrogens is 1. The number of nitrogens with zero attached hydrogens (tertiary/aromatic N) is 2. The second-order valence-corrected chi connectivity index (χ2v) is 7.56. The molecule has 0 N–H and O–H groups in total. The molecular weight excluding hydrogens is 344 g/mol. The Bertz CT molecular complexity index is 1390. The highest BCUT2D eigenvalue weighted by Gasteiger charge is 2.22. The number of benzene rings is 2. The standard InChI is InChI=1S/C25H25N2O/c1-15(2)13-18-9-12-21(27(6)14-18)22-16(3)7-10-19-20-11-8-17(4)23(26-5)25(20)28-24(19)22/h7-12,14-15H,13H2,1-4,6H3/q+1/i13D2,14D. The summed E-state index contributed by atoms with van der Waals surface area (Å²) in [5.74, 6) is -0.252. The topological polar surface area (TPSA) is 21.4 Å². The lowest BCUT2D eigenvalue weighted by Crippen LogP contribution is -2.31. The Hall–Kier alpha value is -3.12. The monoisotopic (exact) mass is 372 g/mol. The highest BCUT2D eigenvalue weighted by molar-refractivity contribution is 6.13. The maximum absolute atomic E-state index is 8.67. The highest BCUT2D eigenvalue weighted by atomic mass is 16.3. The molecule has 4 rings (SSSR count). The molecule has 0 saturated heterocycles. The fourth-order valence-corrected chi connectivity index (χ4v) is 3.74.